The van der Waals surface area contributed by atoms with Crippen molar-refractivity contribution < 1.29 is 44.4 Å². The largest absolute Gasteiger partial charge is 0.434 e. The molecule has 0 saturated carbocycles. The lowest BCUT2D eigenvalue weighted by Gasteiger charge is -2.37. The molecule has 3 N–H and O–H groups in total. The SMILES string of the molecule is CCCCNC(=O)OC(C[N+](C)(C)CCCS(=O)(=O)O)C[N+](C)(C)CCCS(=O)(=O)O. The zero-order valence-corrected chi connectivity index (χ0v) is 21.0. The van der Waals surface area contributed by atoms with Gasteiger partial charge in [0, 0.05) is 19.4 Å². The number of rotatable bonds is 16. The first-order valence-corrected chi connectivity index (χ1v) is 13.7. The highest BCUT2D eigenvalue weighted by Crippen LogP contribution is 2.11. The molecule has 0 unspecified atom stereocenters. The maximum Gasteiger partial charge on any atom is 0.407 e. The van der Waals surface area contributed by atoms with Gasteiger partial charge in [-0.05, 0) is 6.42 Å². The zero-order valence-electron chi connectivity index (χ0n) is 19.4. The summed E-state index contributed by atoms with van der Waals surface area (Å²) in [6.45, 7) is 4.23. The molecule has 186 valence electrons. The van der Waals surface area contributed by atoms with Crippen LogP contribution in [0, 0.1) is 0 Å². The van der Waals surface area contributed by atoms with Crippen LogP contribution in [0.25, 0.3) is 0 Å². The third-order valence-electron chi connectivity index (χ3n) is 4.80. The average molecular weight is 492 g/mol. The van der Waals surface area contributed by atoms with E-state index in [1.54, 1.807) is 0 Å². The first-order chi connectivity index (χ1) is 13.9. The summed E-state index contributed by atoms with van der Waals surface area (Å²) < 4.78 is 68.2. The molecule has 0 atom stereocenters. The van der Waals surface area contributed by atoms with Gasteiger partial charge in [0.25, 0.3) is 20.2 Å². The number of carbonyl (C=O) groups is 1. The second-order valence-corrected chi connectivity index (χ2v) is 12.4. The lowest BCUT2D eigenvalue weighted by molar-refractivity contribution is -0.914. The van der Waals surface area contributed by atoms with Gasteiger partial charge < -0.3 is 19.0 Å². The van der Waals surface area contributed by atoms with Crippen LogP contribution >= 0.6 is 0 Å². The van der Waals surface area contributed by atoms with Gasteiger partial charge in [0.2, 0.25) is 6.10 Å². The number of carbonyl (C=O) groups excluding carboxylic acids is 1. The highest BCUT2D eigenvalue weighted by Gasteiger charge is 2.32. The number of nitrogens with zero attached hydrogens (tertiary/aromatic N) is 2. The van der Waals surface area contributed by atoms with Gasteiger partial charge in [-0.3, -0.25) is 9.11 Å². The Labute approximate surface area is 187 Å². The second-order valence-electron chi connectivity index (χ2n) is 9.27. The summed E-state index contributed by atoms with van der Waals surface area (Å²) in [7, 11) is -0.542. The summed E-state index contributed by atoms with van der Waals surface area (Å²) in [4.78, 5) is 12.2. The Morgan fingerprint density at radius 1 is 0.871 bits per heavy atom. The van der Waals surface area contributed by atoms with Gasteiger partial charge in [0.1, 0.15) is 13.1 Å². The fraction of sp³-hybridized carbons (Fsp3) is 0.944. The molecule has 0 aromatic rings. The summed E-state index contributed by atoms with van der Waals surface area (Å²) in [5.41, 5.74) is 0. The highest BCUT2D eigenvalue weighted by molar-refractivity contribution is 7.86. The van der Waals surface area contributed by atoms with Crippen LogP contribution in [-0.4, -0.2) is 120 Å². The molecule has 0 bridgehead atoms. The molecular formula is C18H41N3O8S2+2. The molecule has 11 nitrogen and oxygen atoms in total. The van der Waals surface area contributed by atoms with Crippen molar-refractivity contribution in [1.29, 1.82) is 0 Å². The van der Waals surface area contributed by atoms with E-state index in [-0.39, 0.29) is 24.3 Å². The molecule has 13 heteroatoms. The van der Waals surface area contributed by atoms with Crippen molar-refractivity contribution in [3.8, 4) is 0 Å². The fourth-order valence-electron chi connectivity index (χ4n) is 3.33. The Kier molecular flexibility index (Phi) is 12.5. The molecular weight excluding hydrogens is 450 g/mol. The van der Waals surface area contributed by atoms with Gasteiger partial charge in [0.15, 0.2) is 0 Å². The summed E-state index contributed by atoms with van der Waals surface area (Å²) in [6, 6.07) is 0. The van der Waals surface area contributed by atoms with E-state index in [1.165, 1.54) is 0 Å². The lowest BCUT2D eigenvalue weighted by Crippen LogP contribution is -2.55. The minimum Gasteiger partial charge on any atom is -0.434 e. The number of quaternary nitrogens is 2. The number of ether oxygens (including phenoxy) is 1. The average Bonchev–Trinajstić information content (AvgIpc) is 2.50. The van der Waals surface area contributed by atoms with Crippen molar-refractivity contribution >= 4 is 26.3 Å². The molecule has 0 heterocycles. The van der Waals surface area contributed by atoms with Crippen LogP contribution in [-0.2, 0) is 25.0 Å². The Morgan fingerprint density at radius 2 is 1.29 bits per heavy atom. The first-order valence-electron chi connectivity index (χ1n) is 10.4. The quantitative estimate of drug-likeness (QED) is 0.161. The van der Waals surface area contributed by atoms with Crippen molar-refractivity contribution in [2.75, 3.05) is 72.4 Å². The zero-order chi connectivity index (χ0) is 24.3. The number of amides is 1. The second kappa shape index (κ2) is 12.9. The predicted molar refractivity (Wildman–Crippen MR) is 119 cm³/mol. The van der Waals surface area contributed by atoms with E-state index < -0.39 is 32.4 Å². The number of hydrogen-bond donors (Lipinski definition) is 3. The van der Waals surface area contributed by atoms with Crippen molar-refractivity contribution in [3.05, 3.63) is 0 Å². The molecule has 0 aliphatic carbocycles. The Bertz CT molecular complexity index is 700. The molecule has 1 amide bonds. The number of likely N-dealkylation sites (N-methyl/N-ethyl adjacent to an activating group) is 2. The van der Waals surface area contributed by atoms with Crippen LogP contribution in [0.4, 0.5) is 4.79 Å². The lowest BCUT2D eigenvalue weighted by atomic mass is 10.2. The number of hydrogen-bond acceptors (Lipinski definition) is 6. The third kappa shape index (κ3) is 18.3. The smallest absolute Gasteiger partial charge is 0.407 e. The van der Waals surface area contributed by atoms with Crippen LogP contribution in [0.15, 0.2) is 0 Å². The molecule has 0 aromatic heterocycles. The predicted octanol–water partition coefficient (Wildman–Crippen LogP) is 0.590. The minimum atomic E-state index is -4.04. The number of unbranched alkanes of at least 4 members (excludes halogenated alkanes) is 1. The van der Waals surface area contributed by atoms with Crippen molar-refractivity contribution in [2.45, 2.75) is 38.7 Å². The summed E-state index contributed by atoms with van der Waals surface area (Å²) in [6.07, 6.45) is 1.23. The standard InChI is InChI=1S/C18H39N3O8S2/c1-6-7-10-19-18(22)29-17(15-20(2,3)11-8-13-30(23,24)25)16-21(4,5)12-9-14-31(26,27)28/h17H,6-16H2,1-5H3,(H-2,19,22,23,24,25,26,27,28)/p+2. The van der Waals surface area contributed by atoms with Crippen LogP contribution in [0.1, 0.15) is 32.6 Å². The molecule has 0 radical (unpaired) electrons. The summed E-state index contributed by atoms with van der Waals surface area (Å²) in [5.74, 6) is -0.677. The Balaban J connectivity index is 5.10. The van der Waals surface area contributed by atoms with Crippen LogP contribution in [0.5, 0.6) is 0 Å². The number of alkyl carbamates (subject to hydrolysis) is 1. The van der Waals surface area contributed by atoms with Gasteiger partial charge in [-0.15, -0.1) is 0 Å². The molecule has 31 heavy (non-hydrogen) atoms. The maximum atomic E-state index is 12.2. The molecule has 0 spiro atoms. The van der Waals surface area contributed by atoms with Crippen LogP contribution in [0.2, 0.25) is 0 Å². The van der Waals surface area contributed by atoms with E-state index in [0.717, 1.165) is 12.8 Å². The normalized spacial score (nSPS) is 13.4. The van der Waals surface area contributed by atoms with E-state index >= 15 is 0 Å². The van der Waals surface area contributed by atoms with E-state index in [4.69, 9.17) is 13.8 Å². The van der Waals surface area contributed by atoms with Crippen LogP contribution in [0.3, 0.4) is 0 Å². The Morgan fingerprint density at radius 3 is 1.65 bits per heavy atom. The molecule has 0 aliphatic rings. The van der Waals surface area contributed by atoms with Gasteiger partial charge >= 0.3 is 6.09 Å². The minimum absolute atomic E-state index is 0.258. The molecule has 0 saturated heterocycles. The summed E-state index contributed by atoms with van der Waals surface area (Å²) in [5, 5.41) is 2.71. The topological polar surface area (TPSA) is 147 Å². The molecule has 0 fully saturated rings. The van der Waals surface area contributed by atoms with Gasteiger partial charge in [-0.25, -0.2) is 4.79 Å². The van der Waals surface area contributed by atoms with Crippen molar-refractivity contribution in [2.24, 2.45) is 0 Å². The molecule has 0 aliphatic heterocycles. The van der Waals surface area contributed by atoms with Gasteiger partial charge in [-0.2, -0.15) is 16.8 Å². The molecule has 0 rings (SSSR count). The monoisotopic (exact) mass is 491 g/mol. The molecule has 0 aromatic carbocycles. The Hall–Kier alpha value is -0.990. The van der Waals surface area contributed by atoms with E-state index in [0.29, 0.717) is 41.7 Å². The highest BCUT2D eigenvalue weighted by atomic mass is 32.2. The van der Waals surface area contributed by atoms with E-state index in [1.807, 2.05) is 35.1 Å². The number of nitrogens with one attached hydrogen (secondary N) is 1. The summed E-state index contributed by atoms with van der Waals surface area (Å²) >= 11 is 0. The fourth-order valence-corrected chi connectivity index (χ4v) is 4.32. The van der Waals surface area contributed by atoms with Gasteiger partial charge in [0.05, 0.1) is 52.8 Å². The first kappa shape index (κ1) is 30.0. The van der Waals surface area contributed by atoms with Gasteiger partial charge in [-0.1, -0.05) is 13.3 Å². The van der Waals surface area contributed by atoms with Crippen molar-refractivity contribution in [1.82, 2.24) is 5.32 Å². The van der Waals surface area contributed by atoms with E-state index in [9.17, 15) is 21.6 Å². The van der Waals surface area contributed by atoms with E-state index in [2.05, 4.69) is 5.32 Å². The third-order valence-corrected chi connectivity index (χ3v) is 6.41. The maximum absolute atomic E-state index is 12.2. The van der Waals surface area contributed by atoms with Crippen LogP contribution < -0.4 is 5.32 Å². The van der Waals surface area contributed by atoms with Crippen molar-refractivity contribution in [3.63, 3.8) is 0 Å².